The molecule has 0 unspecified atom stereocenters. The van der Waals surface area contributed by atoms with Crippen LogP contribution in [-0.2, 0) is 6.42 Å². The van der Waals surface area contributed by atoms with Crippen LogP contribution < -0.4 is 0 Å². The van der Waals surface area contributed by atoms with Gasteiger partial charge in [-0.25, -0.2) is 8.78 Å². The molecular formula is C13H18F2O2. The van der Waals surface area contributed by atoms with Gasteiger partial charge in [0.1, 0.15) is 11.6 Å². The van der Waals surface area contributed by atoms with Crippen LogP contribution >= 0.6 is 0 Å². The van der Waals surface area contributed by atoms with E-state index in [-0.39, 0.29) is 19.6 Å². The van der Waals surface area contributed by atoms with E-state index in [1.54, 1.807) is 0 Å². The molecule has 0 aliphatic heterocycles. The molecule has 0 aliphatic carbocycles. The second-order valence-corrected chi connectivity index (χ2v) is 4.48. The summed E-state index contributed by atoms with van der Waals surface area (Å²) < 4.78 is 26.2. The highest BCUT2D eigenvalue weighted by Gasteiger charge is 2.29. The molecule has 0 fully saturated rings. The Morgan fingerprint density at radius 1 is 1.18 bits per heavy atom. The topological polar surface area (TPSA) is 40.5 Å². The Morgan fingerprint density at radius 3 is 2.29 bits per heavy atom. The minimum absolute atomic E-state index is 0.208. The Kier molecular flexibility index (Phi) is 5.02. The molecule has 0 aromatic heterocycles. The van der Waals surface area contributed by atoms with E-state index in [2.05, 4.69) is 0 Å². The summed E-state index contributed by atoms with van der Waals surface area (Å²) in [5, 5.41) is 18.7. The summed E-state index contributed by atoms with van der Waals surface area (Å²) in [6.07, 6.45) is 1.58. The van der Waals surface area contributed by atoms with E-state index in [4.69, 9.17) is 0 Å². The summed E-state index contributed by atoms with van der Waals surface area (Å²) in [5.74, 6) is -1.26. The Morgan fingerprint density at radius 2 is 1.82 bits per heavy atom. The predicted molar refractivity (Wildman–Crippen MR) is 61.6 cm³/mol. The van der Waals surface area contributed by atoms with Crippen molar-refractivity contribution < 1.29 is 19.0 Å². The molecule has 0 aliphatic rings. The molecule has 17 heavy (non-hydrogen) atoms. The van der Waals surface area contributed by atoms with Gasteiger partial charge in [-0.15, -0.1) is 0 Å². The van der Waals surface area contributed by atoms with E-state index in [1.165, 1.54) is 12.1 Å². The molecule has 0 amide bonds. The van der Waals surface area contributed by atoms with Crippen molar-refractivity contribution in [2.45, 2.75) is 26.2 Å². The second kappa shape index (κ2) is 6.07. The van der Waals surface area contributed by atoms with Gasteiger partial charge in [-0.2, -0.15) is 0 Å². The first-order valence-electron chi connectivity index (χ1n) is 5.72. The lowest BCUT2D eigenvalue weighted by Gasteiger charge is -2.29. The molecule has 2 N–H and O–H groups in total. The molecule has 4 heteroatoms. The summed E-state index contributed by atoms with van der Waals surface area (Å²) in [6, 6.07) is 3.37. The quantitative estimate of drug-likeness (QED) is 0.806. The maximum Gasteiger partial charge on any atom is 0.129 e. The normalized spacial score (nSPS) is 11.8. The predicted octanol–water partition coefficient (Wildman–Crippen LogP) is 2.28. The number of aliphatic hydroxyl groups excluding tert-OH is 2. The van der Waals surface area contributed by atoms with Gasteiger partial charge in [0, 0.05) is 11.5 Å². The maximum absolute atomic E-state index is 13.5. The number of aliphatic hydroxyl groups is 2. The van der Waals surface area contributed by atoms with Crippen LogP contribution in [0.25, 0.3) is 0 Å². The Labute approximate surface area is 99.9 Å². The van der Waals surface area contributed by atoms with E-state index in [1.807, 2.05) is 6.92 Å². The van der Waals surface area contributed by atoms with Crippen molar-refractivity contribution in [3.63, 3.8) is 0 Å². The lowest BCUT2D eigenvalue weighted by molar-refractivity contribution is 0.0459. The monoisotopic (exact) mass is 244 g/mol. The van der Waals surface area contributed by atoms with Gasteiger partial charge in [0.25, 0.3) is 0 Å². The van der Waals surface area contributed by atoms with Crippen LogP contribution in [0.3, 0.4) is 0 Å². The van der Waals surface area contributed by atoms with Gasteiger partial charge in [-0.1, -0.05) is 19.4 Å². The number of halogens is 2. The van der Waals surface area contributed by atoms with Gasteiger partial charge in [0.2, 0.25) is 0 Å². The van der Waals surface area contributed by atoms with Gasteiger partial charge in [0.15, 0.2) is 0 Å². The summed E-state index contributed by atoms with van der Waals surface area (Å²) in [6.45, 7) is 1.50. The third-order valence-corrected chi connectivity index (χ3v) is 3.03. The van der Waals surface area contributed by atoms with Crippen molar-refractivity contribution in [2.75, 3.05) is 13.2 Å². The van der Waals surface area contributed by atoms with Crippen LogP contribution in [0, 0.1) is 17.0 Å². The van der Waals surface area contributed by atoms with Gasteiger partial charge >= 0.3 is 0 Å². The number of benzene rings is 1. The number of hydrogen-bond acceptors (Lipinski definition) is 2. The first-order chi connectivity index (χ1) is 8.06. The highest BCUT2D eigenvalue weighted by Crippen LogP contribution is 2.29. The molecule has 0 atom stereocenters. The molecule has 0 heterocycles. The van der Waals surface area contributed by atoms with Crippen LogP contribution in [0.15, 0.2) is 18.2 Å². The molecule has 0 bridgehead atoms. The van der Waals surface area contributed by atoms with Crippen molar-refractivity contribution in [3.8, 4) is 0 Å². The average molecular weight is 244 g/mol. The molecule has 1 aromatic carbocycles. The third kappa shape index (κ3) is 3.48. The van der Waals surface area contributed by atoms with Crippen molar-refractivity contribution in [1.29, 1.82) is 0 Å². The SMILES string of the molecule is CCCC(CO)(CO)Cc1ccc(F)cc1F. The van der Waals surface area contributed by atoms with Crippen LogP contribution in [0.1, 0.15) is 25.3 Å². The summed E-state index contributed by atoms with van der Waals surface area (Å²) in [5.41, 5.74) is -0.407. The fourth-order valence-corrected chi connectivity index (χ4v) is 2.01. The molecule has 0 saturated carbocycles. The first-order valence-corrected chi connectivity index (χ1v) is 5.72. The highest BCUT2D eigenvalue weighted by atomic mass is 19.1. The van der Waals surface area contributed by atoms with Gasteiger partial charge < -0.3 is 10.2 Å². The van der Waals surface area contributed by atoms with Crippen LogP contribution in [0.2, 0.25) is 0 Å². The van der Waals surface area contributed by atoms with Gasteiger partial charge in [0.05, 0.1) is 13.2 Å². The fourth-order valence-electron chi connectivity index (χ4n) is 2.01. The smallest absolute Gasteiger partial charge is 0.129 e. The fraction of sp³-hybridized carbons (Fsp3) is 0.538. The minimum atomic E-state index is -0.729. The molecule has 96 valence electrons. The lowest BCUT2D eigenvalue weighted by Crippen LogP contribution is -2.32. The zero-order valence-corrected chi connectivity index (χ0v) is 9.92. The highest BCUT2D eigenvalue weighted by molar-refractivity contribution is 5.20. The first kappa shape index (κ1) is 14.1. The molecule has 1 rings (SSSR count). The van der Waals surface area contributed by atoms with E-state index < -0.39 is 17.0 Å². The molecule has 0 saturated heterocycles. The Balaban J connectivity index is 2.92. The second-order valence-electron chi connectivity index (χ2n) is 4.48. The standard InChI is InChI=1S/C13H18F2O2/c1-2-5-13(8-16,9-17)7-10-3-4-11(14)6-12(10)15/h3-4,6,16-17H,2,5,7-9H2,1H3. The van der Waals surface area contributed by atoms with E-state index in [0.29, 0.717) is 12.0 Å². The van der Waals surface area contributed by atoms with E-state index in [0.717, 1.165) is 12.5 Å². The zero-order valence-electron chi connectivity index (χ0n) is 9.92. The van der Waals surface area contributed by atoms with Gasteiger partial charge in [-0.3, -0.25) is 0 Å². The van der Waals surface area contributed by atoms with Crippen molar-refractivity contribution in [2.24, 2.45) is 5.41 Å². The molecule has 2 nitrogen and oxygen atoms in total. The lowest BCUT2D eigenvalue weighted by atomic mass is 9.79. The molecule has 0 spiro atoms. The van der Waals surface area contributed by atoms with Crippen LogP contribution in [-0.4, -0.2) is 23.4 Å². The minimum Gasteiger partial charge on any atom is -0.396 e. The molecule has 1 aromatic rings. The third-order valence-electron chi connectivity index (χ3n) is 3.03. The Hall–Kier alpha value is -1.00. The number of hydrogen-bond donors (Lipinski definition) is 2. The van der Waals surface area contributed by atoms with Gasteiger partial charge in [-0.05, 0) is 24.5 Å². The summed E-state index contributed by atoms with van der Waals surface area (Å²) >= 11 is 0. The van der Waals surface area contributed by atoms with Crippen LogP contribution in [0.5, 0.6) is 0 Å². The molecule has 0 radical (unpaired) electrons. The van der Waals surface area contributed by atoms with E-state index in [9.17, 15) is 19.0 Å². The zero-order chi connectivity index (χ0) is 12.9. The van der Waals surface area contributed by atoms with Crippen molar-refractivity contribution in [1.82, 2.24) is 0 Å². The summed E-state index contributed by atoms with van der Waals surface area (Å²) in [4.78, 5) is 0. The Bertz CT molecular complexity index is 362. The largest absolute Gasteiger partial charge is 0.396 e. The maximum atomic E-state index is 13.5. The summed E-state index contributed by atoms with van der Waals surface area (Å²) in [7, 11) is 0. The van der Waals surface area contributed by atoms with Crippen molar-refractivity contribution in [3.05, 3.63) is 35.4 Å². The molecular weight excluding hydrogens is 226 g/mol. The van der Waals surface area contributed by atoms with Crippen molar-refractivity contribution >= 4 is 0 Å². The number of rotatable bonds is 6. The average Bonchev–Trinajstić information content (AvgIpc) is 2.32. The van der Waals surface area contributed by atoms with Crippen LogP contribution in [0.4, 0.5) is 8.78 Å². The van der Waals surface area contributed by atoms with E-state index >= 15 is 0 Å².